The number of benzene rings is 1. The summed E-state index contributed by atoms with van der Waals surface area (Å²) in [7, 11) is 0. The van der Waals surface area contributed by atoms with E-state index in [1.807, 2.05) is 0 Å². The Labute approximate surface area is 100.0 Å². The van der Waals surface area contributed by atoms with Gasteiger partial charge in [-0.05, 0) is 12.1 Å². The van der Waals surface area contributed by atoms with E-state index in [4.69, 9.17) is 16.0 Å². The van der Waals surface area contributed by atoms with Crippen LogP contribution in [-0.4, -0.2) is 9.91 Å². The smallest absolute Gasteiger partial charge is 0.280 e. The maximum Gasteiger partial charge on any atom is 0.280 e. The minimum atomic E-state index is -0.613. The van der Waals surface area contributed by atoms with Crippen LogP contribution in [0.2, 0.25) is 0 Å². The Morgan fingerprint density at radius 2 is 2.29 bits per heavy atom. The van der Waals surface area contributed by atoms with Gasteiger partial charge in [-0.1, -0.05) is 0 Å². The fraction of sp³-hybridized carbons (Fsp3) is 0.100. The van der Waals surface area contributed by atoms with Crippen LogP contribution in [0.3, 0.4) is 0 Å². The molecule has 0 saturated carbocycles. The molecule has 0 N–H and O–H groups in total. The Hall–Kier alpha value is -1.95. The monoisotopic (exact) mass is 256 g/mol. The molecule has 1 heterocycles. The summed E-state index contributed by atoms with van der Waals surface area (Å²) in [5, 5.41) is 10.8. The maximum atomic E-state index is 13.1. The third-order valence-corrected chi connectivity index (χ3v) is 2.32. The number of aromatic nitrogens is 1. The first-order valence-electron chi connectivity index (χ1n) is 4.57. The van der Waals surface area contributed by atoms with Gasteiger partial charge in [-0.2, -0.15) is 0 Å². The second-order valence-electron chi connectivity index (χ2n) is 3.17. The predicted molar refractivity (Wildman–Crippen MR) is 58.1 cm³/mol. The van der Waals surface area contributed by atoms with Crippen molar-refractivity contribution in [3.63, 3.8) is 0 Å². The van der Waals surface area contributed by atoms with Crippen molar-refractivity contribution >= 4 is 17.3 Å². The Bertz CT molecular complexity index is 570. The van der Waals surface area contributed by atoms with Crippen LogP contribution in [-0.2, 0) is 5.88 Å². The highest BCUT2D eigenvalue weighted by Crippen LogP contribution is 2.31. The van der Waals surface area contributed by atoms with Gasteiger partial charge in [0.15, 0.2) is 5.76 Å². The summed E-state index contributed by atoms with van der Waals surface area (Å²) in [5.74, 6) is -0.204. The van der Waals surface area contributed by atoms with E-state index in [1.165, 1.54) is 6.20 Å². The van der Waals surface area contributed by atoms with Crippen LogP contribution in [0.1, 0.15) is 5.89 Å². The minimum absolute atomic E-state index is 0.0406. The number of hydrogen-bond acceptors (Lipinski definition) is 4. The van der Waals surface area contributed by atoms with Gasteiger partial charge in [0.05, 0.1) is 22.6 Å². The number of nitrogens with zero attached hydrogens (tertiary/aromatic N) is 2. The number of oxazole rings is 1. The Balaban J connectivity index is 2.56. The Morgan fingerprint density at radius 3 is 2.88 bits per heavy atom. The number of nitro benzene ring substituents is 1. The first-order chi connectivity index (χ1) is 8.11. The fourth-order valence-electron chi connectivity index (χ4n) is 1.36. The lowest BCUT2D eigenvalue weighted by molar-refractivity contribution is -0.384. The number of alkyl halides is 1. The number of rotatable bonds is 3. The second-order valence-corrected chi connectivity index (χ2v) is 3.44. The number of hydrogen-bond donors (Lipinski definition) is 0. The van der Waals surface area contributed by atoms with E-state index in [9.17, 15) is 14.5 Å². The lowest BCUT2D eigenvalue weighted by Gasteiger charge is -1.99. The van der Waals surface area contributed by atoms with E-state index >= 15 is 0 Å². The third kappa shape index (κ3) is 2.26. The van der Waals surface area contributed by atoms with Gasteiger partial charge < -0.3 is 4.42 Å². The first-order valence-corrected chi connectivity index (χ1v) is 5.10. The van der Waals surface area contributed by atoms with Gasteiger partial charge in [-0.3, -0.25) is 10.1 Å². The molecular formula is C10H6ClFN2O3. The molecule has 0 spiro atoms. The second kappa shape index (κ2) is 4.50. The maximum absolute atomic E-state index is 13.1. The lowest BCUT2D eigenvalue weighted by Crippen LogP contribution is -1.92. The van der Waals surface area contributed by atoms with Crippen LogP contribution in [0.25, 0.3) is 11.3 Å². The van der Waals surface area contributed by atoms with E-state index < -0.39 is 10.7 Å². The molecule has 0 aliphatic rings. The van der Waals surface area contributed by atoms with Crippen molar-refractivity contribution in [3.05, 3.63) is 46.2 Å². The van der Waals surface area contributed by atoms with E-state index in [1.54, 1.807) is 0 Å². The van der Waals surface area contributed by atoms with E-state index in [-0.39, 0.29) is 28.8 Å². The molecule has 0 fully saturated rings. The molecule has 5 nitrogen and oxygen atoms in total. The summed E-state index contributed by atoms with van der Waals surface area (Å²) in [6.07, 6.45) is 1.28. The summed E-state index contributed by atoms with van der Waals surface area (Å²) in [6.45, 7) is 0. The van der Waals surface area contributed by atoms with Gasteiger partial charge in [0, 0.05) is 6.07 Å². The molecule has 0 radical (unpaired) electrons. The van der Waals surface area contributed by atoms with Crippen molar-refractivity contribution in [1.82, 2.24) is 4.98 Å². The molecule has 0 atom stereocenters. The molecule has 2 rings (SSSR count). The van der Waals surface area contributed by atoms with Gasteiger partial charge in [0.25, 0.3) is 5.69 Å². The van der Waals surface area contributed by atoms with Gasteiger partial charge in [0.1, 0.15) is 5.82 Å². The summed E-state index contributed by atoms with van der Waals surface area (Å²) < 4.78 is 18.2. The van der Waals surface area contributed by atoms with Gasteiger partial charge in [0.2, 0.25) is 5.89 Å². The van der Waals surface area contributed by atoms with Crippen LogP contribution in [0, 0.1) is 15.9 Å². The van der Waals surface area contributed by atoms with E-state index in [0.717, 1.165) is 18.2 Å². The topological polar surface area (TPSA) is 69.2 Å². The highest BCUT2D eigenvalue weighted by atomic mass is 35.5. The van der Waals surface area contributed by atoms with Crippen molar-refractivity contribution in [2.75, 3.05) is 0 Å². The SMILES string of the molecule is O=[N+]([O-])c1ccc(F)cc1-c1cnc(CCl)o1. The highest BCUT2D eigenvalue weighted by Gasteiger charge is 2.19. The third-order valence-electron chi connectivity index (χ3n) is 2.09. The first kappa shape index (κ1) is 11.5. The van der Waals surface area contributed by atoms with Gasteiger partial charge in [-0.25, -0.2) is 9.37 Å². The number of halogens is 2. The zero-order valence-electron chi connectivity index (χ0n) is 8.39. The fourth-order valence-corrected chi connectivity index (χ4v) is 1.48. The van der Waals surface area contributed by atoms with Crippen LogP contribution in [0.15, 0.2) is 28.8 Å². The molecule has 0 aliphatic carbocycles. The molecule has 17 heavy (non-hydrogen) atoms. The zero-order valence-corrected chi connectivity index (χ0v) is 9.15. The standard InChI is InChI=1S/C10H6ClFN2O3/c11-4-10-13-5-9(17-10)7-3-6(12)1-2-8(7)14(15)16/h1-3,5H,4H2. The largest absolute Gasteiger partial charge is 0.439 e. The lowest BCUT2D eigenvalue weighted by atomic mass is 10.1. The van der Waals surface area contributed by atoms with E-state index in [0.29, 0.717) is 0 Å². The van der Waals surface area contributed by atoms with Crippen LogP contribution < -0.4 is 0 Å². The van der Waals surface area contributed by atoms with E-state index in [2.05, 4.69) is 4.98 Å². The normalized spacial score (nSPS) is 10.5. The molecule has 2 aromatic rings. The van der Waals surface area contributed by atoms with Crippen molar-refractivity contribution in [2.24, 2.45) is 0 Å². The van der Waals surface area contributed by atoms with Crippen molar-refractivity contribution in [1.29, 1.82) is 0 Å². The molecule has 88 valence electrons. The van der Waals surface area contributed by atoms with Crippen molar-refractivity contribution < 1.29 is 13.7 Å². The molecule has 1 aromatic carbocycles. The van der Waals surface area contributed by atoms with Crippen molar-refractivity contribution in [2.45, 2.75) is 5.88 Å². The quantitative estimate of drug-likeness (QED) is 0.481. The molecule has 7 heteroatoms. The average molecular weight is 257 g/mol. The van der Waals surface area contributed by atoms with Crippen molar-refractivity contribution in [3.8, 4) is 11.3 Å². The van der Waals surface area contributed by atoms with Crippen LogP contribution in [0.5, 0.6) is 0 Å². The Morgan fingerprint density at radius 1 is 1.53 bits per heavy atom. The number of nitro groups is 1. The molecule has 0 saturated heterocycles. The van der Waals surface area contributed by atoms with Gasteiger partial charge in [-0.15, -0.1) is 11.6 Å². The molecule has 0 aliphatic heterocycles. The van der Waals surface area contributed by atoms with Gasteiger partial charge >= 0.3 is 0 Å². The molecule has 0 amide bonds. The zero-order chi connectivity index (χ0) is 12.4. The minimum Gasteiger partial charge on any atom is -0.439 e. The summed E-state index contributed by atoms with van der Waals surface area (Å²) in [4.78, 5) is 14.0. The summed E-state index contributed by atoms with van der Waals surface area (Å²) in [5.41, 5.74) is -0.206. The average Bonchev–Trinajstić information content (AvgIpc) is 2.76. The predicted octanol–water partition coefficient (Wildman–Crippen LogP) is 3.13. The molecule has 0 bridgehead atoms. The molecular weight excluding hydrogens is 251 g/mol. The molecule has 1 aromatic heterocycles. The van der Waals surface area contributed by atoms with Crippen LogP contribution in [0.4, 0.5) is 10.1 Å². The highest BCUT2D eigenvalue weighted by molar-refractivity contribution is 6.16. The van der Waals surface area contributed by atoms with Crippen LogP contribution >= 0.6 is 11.6 Å². The molecule has 0 unspecified atom stereocenters. The summed E-state index contributed by atoms with van der Waals surface area (Å²) in [6, 6.07) is 3.12. The Kier molecular flexibility index (Phi) is 3.06. The summed E-state index contributed by atoms with van der Waals surface area (Å²) >= 11 is 5.50.